The van der Waals surface area contributed by atoms with Gasteiger partial charge in [0.2, 0.25) is 0 Å². The Morgan fingerprint density at radius 2 is 1.41 bits per heavy atom. The maximum atomic E-state index is 11.0. The molecule has 0 aliphatic carbocycles. The lowest BCUT2D eigenvalue weighted by Crippen LogP contribution is -2.12. The van der Waals surface area contributed by atoms with Gasteiger partial charge >= 0.3 is 0 Å². The van der Waals surface area contributed by atoms with Gasteiger partial charge in [0.1, 0.15) is 11.6 Å². The molecule has 2 aromatic heterocycles. The van der Waals surface area contributed by atoms with Crippen molar-refractivity contribution in [3.8, 4) is 45.2 Å². The number of hydrogen-bond acceptors (Lipinski definition) is 3. The molecule has 0 aliphatic rings. The maximum absolute atomic E-state index is 11.0. The number of aromatic nitrogens is 3. The first kappa shape index (κ1) is 26.5. The number of fused-ring (bicyclic) bond motifs is 1. The van der Waals surface area contributed by atoms with Crippen molar-refractivity contribution in [3.63, 3.8) is 0 Å². The first-order chi connectivity index (χ1) is 19.6. The Hall–Kier alpha value is -4.70. The summed E-state index contributed by atoms with van der Waals surface area (Å²) in [5, 5.41) is 11.0. The van der Waals surface area contributed by atoms with Crippen LogP contribution in [0.3, 0.4) is 0 Å². The summed E-state index contributed by atoms with van der Waals surface area (Å²) >= 11 is 0. The summed E-state index contributed by atoms with van der Waals surface area (Å²) in [6, 6.07) is 31.0. The van der Waals surface area contributed by atoms with Gasteiger partial charge in [-0.1, -0.05) is 74.9 Å². The van der Waals surface area contributed by atoms with Gasteiger partial charge in [-0.15, -0.1) is 0 Å². The second kappa shape index (κ2) is 10.0. The third kappa shape index (κ3) is 4.80. The molecule has 0 atom stereocenters. The molecule has 0 saturated carbocycles. The largest absolute Gasteiger partial charge is 0.507 e. The lowest BCUT2D eigenvalue weighted by molar-refractivity contribution is 0.477. The Morgan fingerprint density at radius 1 is 0.707 bits per heavy atom. The lowest BCUT2D eigenvalue weighted by Gasteiger charge is -2.22. The Labute approximate surface area is 242 Å². The van der Waals surface area contributed by atoms with Crippen molar-refractivity contribution in [3.05, 3.63) is 119 Å². The number of nitrogens with zero attached hydrogens (tertiary/aromatic N) is 3. The van der Waals surface area contributed by atoms with Crippen LogP contribution in [0.4, 0.5) is 0 Å². The van der Waals surface area contributed by atoms with Crippen LogP contribution in [-0.2, 0) is 5.41 Å². The van der Waals surface area contributed by atoms with Crippen molar-refractivity contribution in [2.45, 2.75) is 47.0 Å². The van der Waals surface area contributed by atoms with Gasteiger partial charge in [0, 0.05) is 17.3 Å². The van der Waals surface area contributed by atoms with Crippen LogP contribution in [0, 0.1) is 20.8 Å². The molecule has 0 fully saturated rings. The average molecular weight is 538 g/mol. The predicted octanol–water partition coefficient (Wildman–Crippen LogP) is 9.35. The molecule has 0 radical (unpaired) electrons. The fourth-order valence-electron chi connectivity index (χ4n) is 5.80. The first-order valence-corrected chi connectivity index (χ1v) is 14.1. The van der Waals surface area contributed by atoms with Crippen LogP contribution in [0.5, 0.6) is 5.75 Å². The summed E-state index contributed by atoms with van der Waals surface area (Å²) < 4.78 is 2.25. The molecule has 41 heavy (non-hydrogen) atoms. The molecular formula is C37H35N3O. The van der Waals surface area contributed by atoms with E-state index in [0.29, 0.717) is 5.56 Å². The fraction of sp³-hybridized carbons (Fsp3) is 0.189. The van der Waals surface area contributed by atoms with Crippen molar-refractivity contribution < 1.29 is 5.11 Å². The van der Waals surface area contributed by atoms with Crippen LogP contribution in [0.1, 0.15) is 43.0 Å². The van der Waals surface area contributed by atoms with E-state index in [-0.39, 0.29) is 11.2 Å². The predicted molar refractivity (Wildman–Crippen MR) is 170 cm³/mol. The average Bonchev–Trinajstić information content (AvgIpc) is 3.31. The molecule has 4 nitrogen and oxygen atoms in total. The van der Waals surface area contributed by atoms with E-state index >= 15 is 0 Å². The molecule has 0 amide bonds. The molecule has 0 unspecified atom stereocenters. The van der Waals surface area contributed by atoms with Gasteiger partial charge in [-0.25, -0.2) is 4.98 Å². The summed E-state index contributed by atoms with van der Waals surface area (Å²) in [5.41, 5.74) is 12.5. The highest BCUT2D eigenvalue weighted by atomic mass is 16.3. The summed E-state index contributed by atoms with van der Waals surface area (Å²) in [6.07, 6.45) is 1.83. The number of rotatable bonds is 4. The standard InChI is InChI=1S/C37H35N3O/c1-23-18-24(2)35(25(3)19-23)40-32-22-28(37(4,5)6)21-30(34(32)39-36(40)29-14-7-8-16-33(29)41)26-12-11-13-27(20-26)31-15-9-10-17-38-31/h7-22,41H,1-6H3. The van der Waals surface area contributed by atoms with E-state index < -0.39 is 0 Å². The van der Waals surface area contributed by atoms with Gasteiger partial charge in [0.05, 0.1) is 28.0 Å². The smallest absolute Gasteiger partial charge is 0.149 e. The first-order valence-electron chi connectivity index (χ1n) is 14.1. The molecule has 6 rings (SSSR count). The van der Waals surface area contributed by atoms with Crippen molar-refractivity contribution >= 4 is 11.0 Å². The minimum absolute atomic E-state index is 0.0942. The van der Waals surface area contributed by atoms with Gasteiger partial charge in [0.15, 0.2) is 0 Å². The second-order valence-corrected chi connectivity index (χ2v) is 12.0. The number of imidazole rings is 1. The molecule has 2 heterocycles. The van der Waals surface area contributed by atoms with Crippen LogP contribution in [-0.4, -0.2) is 19.6 Å². The number of aryl methyl sites for hydroxylation is 3. The Morgan fingerprint density at radius 3 is 2.10 bits per heavy atom. The zero-order chi connectivity index (χ0) is 28.9. The van der Waals surface area contributed by atoms with Crippen LogP contribution >= 0.6 is 0 Å². The van der Waals surface area contributed by atoms with E-state index in [1.165, 1.54) is 22.3 Å². The lowest BCUT2D eigenvalue weighted by atomic mass is 9.84. The minimum Gasteiger partial charge on any atom is -0.507 e. The molecule has 1 N–H and O–H groups in total. The van der Waals surface area contributed by atoms with E-state index in [1.807, 2.05) is 42.6 Å². The summed E-state index contributed by atoms with van der Waals surface area (Å²) in [6.45, 7) is 13.2. The Kier molecular flexibility index (Phi) is 6.50. The third-order valence-electron chi connectivity index (χ3n) is 7.76. The van der Waals surface area contributed by atoms with E-state index in [0.717, 1.165) is 44.9 Å². The van der Waals surface area contributed by atoms with E-state index in [4.69, 9.17) is 4.98 Å². The number of phenols is 1. The number of aromatic hydroxyl groups is 1. The molecule has 6 aromatic rings. The minimum atomic E-state index is -0.0942. The maximum Gasteiger partial charge on any atom is 0.149 e. The number of hydrogen-bond donors (Lipinski definition) is 1. The summed E-state index contributed by atoms with van der Waals surface area (Å²) in [5.74, 6) is 0.933. The van der Waals surface area contributed by atoms with E-state index in [2.05, 4.69) is 99.6 Å². The fourth-order valence-corrected chi connectivity index (χ4v) is 5.80. The highest BCUT2D eigenvalue weighted by Gasteiger charge is 2.25. The SMILES string of the molecule is Cc1cc(C)c(-n2c(-c3ccccc3O)nc3c(-c4cccc(-c5ccccn5)c4)cc(C(C)(C)C)cc32)c(C)c1. The van der Waals surface area contributed by atoms with Gasteiger partial charge < -0.3 is 5.11 Å². The van der Waals surface area contributed by atoms with E-state index in [9.17, 15) is 5.11 Å². The van der Waals surface area contributed by atoms with Crippen LogP contribution in [0.2, 0.25) is 0 Å². The van der Waals surface area contributed by atoms with Gasteiger partial charge in [-0.3, -0.25) is 9.55 Å². The van der Waals surface area contributed by atoms with Crippen molar-refractivity contribution in [1.29, 1.82) is 0 Å². The van der Waals surface area contributed by atoms with Crippen LogP contribution < -0.4 is 0 Å². The van der Waals surface area contributed by atoms with Crippen molar-refractivity contribution in [2.24, 2.45) is 0 Å². The molecule has 204 valence electrons. The number of benzene rings is 4. The topological polar surface area (TPSA) is 50.9 Å². The Bertz CT molecular complexity index is 1890. The zero-order valence-electron chi connectivity index (χ0n) is 24.5. The van der Waals surface area contributed by atoms with Crippen LogP contribution in [0.25, 0.3) is 50.5 Å². The van der Waals surface area contributed by atoms with E-state index in [1.54, 1.807) is 6.07 Å². The normalized spacial score (nSPS) is 11.8. The molecule has 0 aliphatic heterocycles. The highest BCUT2D eigenvalue weighted by molar-refractivity contribution is 5.97. The quantitative estimate of drug-likeness (QED) is 0.244. The number of pyridine rings is 1. The van der Waals surface area contributed by atoms with Crippen LogP contribution in [0.15, 0.2) is 97.2 Å². The number of phenolic OH excluding ortho intramolecular Hbond substituents is 1. The van der Waals surface area contributed by atoms with Gasteiger partial charge in [-0.05, 0) is 90.9 Å². The van der Waals surface area contributed by atoms with Gasteiger partial charge in [0.25, 0.3) is 0 Å². The zero-order valence-corrected chi connectivity index (χ0v) is 24.5. The number of para-hydroxylation sites is 1. The Balaban J connectivity index is 1.74. The molecule has 0 spiro atoms. The van der Waals surface area contributed by atoms with Crippen molar-refractivity contribution in [2.75, 3.05) is 0 Å². The molecule has 0 saturated heterocycles. The molecule has 4 aromatic carbocycles. The van der Waals surface area contributed by atoms with Gasteiger partial charge in [-0.2, -0.15) is 0 Å². The molecular weight excluding hydrogens is 502 g/mol. The molecule has 4 heteroatoms. The second-order valence-electron chi connectivity index (χ2n) is 12.0. The monoisotopic (exact) mass is 537 g/mol. The highest BCUT2D eigenvalue weighted by Crippen LogP contribution is 2.41. The third-order valence-corrected chi connectivity index (χ3v) is 7.76. The molecule has 0 bridgehead atoms. The summed E-state index contributed by atoms with van der Waals surface area (Å²) in [7, 11) is 0. The summed E-state index contributed by atoms with van der Waals surface area (Å²) in [4.78, 5) is 9.90. The van der Waals surface area contributed by atoms with Crippen molar-refractivity contribution in [1.82, 2.24) is 14.5 Å².